The number of aromatic hydroxyl groups is 1. The Labute approximate surface area is 105 Å². The van der Waals surface area contributed by atoms with Crippen LogP contribution in [0.3, 0.4) is 0 Å². The van der Waals surface area contributed by atoms with E-state index in [0.29, 0.717) is 18.5 Å². The summed E-state index contributed by atoms with van der Waals surface area (Å²) in [4.78, 5) is 23.7. The lowest BCUT2D eigenvalue weighted by Crippen LogP contribution is -2.32. The van der Waals surface area contributed by atoms with Crippen LogP contribution in [0, 0.1) is 5.41 Å². The fraction of sp³-hybridized carbons (Fsp3) is 0.385. The number of phenols is 1. The Morgan fingerprint density at radius 3 is 2.44 bits per heavy atom. The largest absolute Gasteiger partial charge is 0.508 e. The van der Waals surface area contributed by atoms with Crippen LogP contribution in [0.4, 0.5) is 5.69 Å². The lowest BCUT2D eigenvalue weighted by molar-refractivity contribution is -0.152. The van der Waals surface area contributed by atoms with Crippen molar-refractivity contribution in [2.75, 3.05) is 11.9 Å². The van der Waals surface area contributed by atoms with Gasteiger partial charge in [-0.2, -0.15) is 0 Å². The average molecular weight is 249 g/mol. The van der Waals surface area contributed by atoms with Gasteiger partial charge in [0.1, 0.15) is 11.2 Å². The topological polar surface area (TPSA) is 75.6 Å². The fourth-order valence-electron chi connectivity index (χ4n) is 1.71. The summed E-state index contributed by atoms with van der Waals surface area (Å²) >= 11 is 0. The van der Waals surface area contributed by atoms with Crippen LogP contribution in [-0.2, 0) is 14.3 Å². The Balaban J connectivity index is 2.04. The second kappa shape index (κ2) is 4.68. The van der Waals surface area contributed by atoms with E-state index >= 15 is 0 Å². The molecule has 2 N–H and O–H groups in total. The van der Waals surface area contributed by atoms with E-state index in [1.807, 2.05) is 0 Å². The number of nitrogens with one attached hydrogen (secondary N) is 1. The molecular formula is C13H15NO4. The molecule has 0 saturated heterocycles. The number of carbonyl (C=O) groups excluding carboxylic acids is 2. The molecule has 0 atom stereocenters. The van der Waals surface area contributed by atoms with Gasteiger partial charge in [0.15, 0.2) is 0 Å². The molecule has 0 radical (unpaired) electrons. The quantitative estimate of drug-likeness (QED) is 0.483. The van der Waals surface area contributed by atoms with Crippen molar-refractivity contribution in [2.24, 2.45) is 5.41 Å². The third-order valence-electron chi connectivity index (χ3n) is 2.98. The number of anilines is 1. The molecule has 5 nitrogen and oxygen atoms in total. The summed E-state index contributed by atoms with van der Waals surface area (Å²) in [6.07, 6.45) is 1.05. The van der Waals surface area contributed by atoms with Gasteiger partial charge in [-0.1, -0.05) is 0 Å². The normalized spacial score (nSPS) is 15.8. The zero-order valence-electron chi connectivity index (χ0n) is 10.1. The number of amides is 1. The maximum Gasteiger partial charge on any atom is 0.321 e. The lowest BCUT2D eigenvalue weighted by atomic mass is 10.1. The predicted octanol–water partition coefficient (Wildman–Crippen LogP) is 1.67. The molecule has 1 aliphatic rings. The van der Waals surface area contributed by atoms with Gasteiger partial charge in [-0.3, -0.25) is 9.59 Å². The minimum absolute atomic E-state index is 0.125. The van der Waals surface area contributed by atoms with Gasteiger partial charge in [0, 0.05) is 5.69 Å². The fourth-order valence-corrected chi connectivity index (χ4v) is 1.71. The van der Waals surface area contributed by atoms with Crippen LogP contribution >= 0.6 is 0 Å². The molecule has 1 fully saturated rings. The second-order valence-corrected chi connectivity index (χ2v) is 4.30. The first-order chi connectivity index (χ1) is 8.58. The highest BCUT2D eigenvalue weighted by Gasteiger charge is 2.58. The molecule has 0 bridgehead atoms. The summed E-state index contributed by atoms with van der Waals surface area (Å²) in [6.45, 7) is 1.99. The molecule has 1 amide bonds. The van der Waals surface area contributed by atoms with Crippen LogP contribution < -0.4 is 5.32 Å². The smallest absolute Gasteiger partial charge is 0.321 e. The molecule has 0 aromatic heterocycles. The van der Waals surface area contributed by atoms with Crippen molar-refractivity contribution in [3.8, 4) is 5.75 Å². The summed E-state index contributed by atoms with van der Waals surface area (Å²) in [7, 11) is 0. The zero-order chi connectivity index (χ0) is 13.2. The molecule has 18 heavy (non-hydrogen) atoms. The van der Waals surface area contributed by atoms with E-state index in [1.165, 1.54) is 12.1 Å². The van der Waals surface area contributed by atoms with Crippen LogP contribution in [-0.4, -0.2) is 23.6 Å². The Kier molecular flexibility index (Phi) is 3.23. The monoisotopic (exact) mass is 249 g/mol. The molecular weight excluding hydrogens is 234 g/mol. The molecule has 0 aliphatic heterocycles. The minimum Gasteiger partial charge on any atom is -0.508 e. The molecule has 96 valence electrons. The van der Waals surface area contributed by atoms with Crippen molar-refractivity contribution in [3.05, 3.63) is 24.3 Å². The van der Waals surface area contributed by atoms with E-state index in [-0.39, 0.29) is 18.3 Å². The van der Waals surface area contributed by atoms with E-state index in [4.69, 9.17) is 9.84 Å². The molecule has 0 heterocycles. The first-order valence-corrected chi connectivity index (χ1v) is 5.86. The van der Waals surface area contributed by atoms with E-state index in [0.717, 1.165) is 0 Å². The Bertz CT molecular complexity index is 462. The third kappa shape index (κ3) is 2.30. The Morgan fingerprint density at radius 1 is 1.33 bits per heavy atom. The zero-order valence-corrected chi connectivity index (χ0v) is 10.1. The van der Waals surface area contributed by atoms with Gasteiger partial charge in [0.25, 0.3) is 0 Å². The first kappa shape index (κ1) is 12.4. The van der Waals surface area contributed by atoms with Gasteiger partial charge in [0.05, 0.1) is 6.61 Å². The number of carbonyl (C=O) groups is 2. The maximum absolute atomic E-state index is 12.0. The molecule has 1 aliphatic carbocycles. The van der Waals surface area contributed by atoms with Crippen molar-refractivity contribution < 1.29 is 19.4 Å². The van der Waals surface area contributed by atoms with E-state index in [9.17, 15) is 9.59 Å². The highest BCUT2D eigenvalue weighted by atomic mass is 16.5. The van der Waals surface area contributed by atoms with Crippen LogP contribution in [0.2, 0.25) is 0 Å². The first-order valence-electron chi connectivity index (χ1n) is 5.86. The Morgan fingerprint density at radius 2 is 1.94 bits per heavy atom. The summed E-state index contributed by atoms with van der Waals surface area (Å²) in [5, 5.41) is 11.8. The number of ether oxygens (including phenoxy) is 1. The van der Waals surface area contributed by atoms with E-state index in [2.05, 4.69) is 5.32 Å². The van der Waals surface area contributed by atoms with Gasteiger partial charge >= 0.3 is 5.97 Å². The Hall–Kier alpha value is -2.04. The standard InChI is InChI=1S/C13H15NO4/c1-2-18-12(17)13(7-8-13)11(16)14-9-3-5-10(15)6-4-9/h3-6,15H,2,7-8H2,1H3,(H,14,16). The number of phenolic OH excluding ortho intramolecular Hbond substituents is 1. The van der Waals surface area contributed by atoms with E-state index in [1.54, 1.807) is 19.1 Å². The van der Waals surface area contributed by atoms with Crippen molar-refractivity contribution in [1.29, 1.82) is 0 Å². The maximum atomic E-state index is 12.0. The number of esters is 1. The van der Waals surface area contributed by atoms with Crippen molar-refractivity contribution in [1.82, 2.24) is 0 Å². The molecule has 0 unspecified atom stereocenters. The predicted molar refractivity (Wildman–Crippen MR) is 65.0 cm³/mol. The SMILES string of the molecule is CCOC(=O)C1(C(=O)Nc2ccc(O)cc2)CC1. The van der Waals surface area contributed by atoms with Crippen LogP contribution in [0.25, 0.3) is 0 Å². The number of benzene rings is 1. The van der Waals surface area contributed by atoms with Crippen LogP contribution in [0.1, 0.15) is 19.8 Å². The molecule has 5 heteroatoms. The van der Waals surface area contributed by atoms with Crippen molar-refractivity contribution >= 4 is 17.6 Å². The van der Waals surface area contributed by atoms with Crippen LogP contribution in [0.5, 0.6) is 5.75 Å². The van der Waals surface area contributed by atoms with Gasteiger partial charge in [-0.15, -0.1) is 0 Å². The minimum atomic E-state index is -1.01. The van der Waals surface area contributed by atoms with Gasteiger partial charge < -0.3 is 15.2 Å². The summed E-state index contributed by atoms with van der Waals surface area (Å²) in [5.41, 5.74) is -0.457. The van der Waals surface area contributed by atoms with Crippen molar-refractivity contribution in [3.63, 3.8) is 0 Å². The highest BCUT2D eigenvalue weighted by molar-refractivity contribution is 6.11. The number of rotatable bonds is 4. The van der Waals surface area contributed by atoms with Gasteiger partial charge in [0.2, 0.25) is 5.91 Å². The average Bonchev–Trinajstić information content (AvgIpc) is 3.14. The summed E-state index contributed by atoms with van der Waals surface area (Å²) in [6, 6.07) is 6.10. The molecule has 1 aromatic rings. The second-order valence-electron chi connectivity index (χ2n) is 4.30. The van der Waals surface area contributed by atoms with Crippen LogP contribution in [0.15, 0.2) is 24.3 Å². The lowest BCUT2D eigenvalue weighted by Gasteiger charge is -2.13. The highest BCUT2D eigenvalue weighted by Crippen LogP contribution is 2.47. The van der Waals surface area contributed by atoms with E-state index < -0.39 is 11.4 Å². The molecule has 0 spiro atoms. The number of hydrogen-bond donors (Lipinski definition) is 2. The number of hydrogen-bond acceptors (Lipinski definition) is 4. The van der Waals surface area contributed by atoms with Gasteiger partial charge in [-0.05, 0) is 44.0 Å². The summed E-state index contributed by atoms with van der Waals surface area (Å²) < 4.78 is 4.91. The third-order valence-corrected chi connectivity index (χ3v) is 2.98. The molecule has 1 saturated carbocycles. The van der Waals surface area contributed by atoms with Crippen molar-refractivity contribution in [2.45, 2.75) is 19.8 Å². The summed E-state index contributed by atoms with van der Waals surface area (Å²) in [5.74, 6) is -0.674. The molecule has 1 aromatic carbocycles. The van der Waals surface area contributed by atoms with Gasteiger partial charge in [-0.25, -0.2) is 0 Å². The molecule has 2 rings (SSSR count).